The van der Waals surface area contributed by atoms with Gasteiger partial charge in [0.05, 0.1) is 5.92 Å². The molecule has 0 bridgehead atoms. The predicted octanol–water partition coefficient (Wildman–Crippen LogP) is 2.87. The van der Waals surface area contributed by atoms with E-state index in [4.69, 9.17) is 4.74 Å². The molecule has 1 saturated carbocycles. The highest BCUT2D eigenvalue weighted by Crippen LogP contribution is 2.56. The van der Waals surface area contributed by atoms with E-state index < -0.39 is 11.0 Å². The van der Waals surface area contributed by atoms with Crippen LogP contribution in [0.15, 0.2) is 24.3 Å². The van der Waals surface area contributed by atoms with Crippen LogP contribution in [0.4, 0.5) is 0 Å². The zero-order valence-corrected chi connectivity index (χ0v) is 13.0. The van der Waals surface area contributed by atoms with Crippen LogP contribution in [0.5, 0.6) is 5.75 Å². The highest BCUT2D eigenvalue weighted by atomic mass is 16.6. The number of Topliss-reactive ketones (excluding diaryl/α,β-unsaturated/α-hetero) is 1. The number of esters is 1. The summed E-state index contributed by atoms with van der Waals surface area (Å²) in [6, 6.07) is 6.75. The van der Waals surface area contributed by atoms with Gasteiger partial charge in [-0.15, -0.1) is 0 Å². The molecule has 4 nitrogen and oxygen atoms in total. The number of phenols is 1. The first-order chi connectivity index (χ1) is 9.64. The molecule has 0 aromatic heterocycles. The van der Waals surface area contributed by atoms with E-state index in [1.165, 1.54) is 6.92 Å². The van der Waals surface area contributed by atoms with Crippen molar-refractivity contribution >= 4 is 11.8 Å². The number of benzene rings is 1. The van der Waals surface area contributed by atoms with Gasteiger partial charge >= 0.3 is 5.97 Å². The van der Waals surface area contributed by atoms with E-state index in [-0.39, 0.29) is 23.4 Å². The Labute approximate surface area is 125 Å². The summed E-state index contributed by atoms with van der Waals surface area (Å²) < 4.78 is 5.39. The maximum atomic E-state index is 12.2. The topological polar surface area (TPSA) is 63.6 Å². The van der Waals surface area contributed by atoms with Crippen LogP contribution in [0.25, 0.3) is 0 Å². The van der Waals surface area contributed by atoms with E-state index in [1.807, 2.05) is 20.8 Å². The first kappa shape index (κ1) is 15.5. The Hall–Kier alpha value is -1.84. The van der Waals surface area contributed by atoms with Crippen LogP contribution in [-0.2, 0) is 20.7 Å². The van der Waals surface area contributed by atoms with E-state index in [0.717, 1.165) is 5.56 Å². The fourth-order valence-electron chi connectivity index (χ4n) is 2.67. The average Bonchev–Trinajstić information content (AvgIpc) is 3.06. The second kappa shape index (κ2) is 5.17. The normalized spacial score (nSPS) is 24.5. The molecule has 0 heterocycles. The van der Waals surface area contributed by atoms with Crippen molar-refractivity contribution in [1.29, 1.82) is 0 Å². The van der Waals surface area contributed by atoms with Crippen molar-refractivity contribution in [2.24, 2.45) is 11.3 Å². The quantitative estimate of drug-likeness (QED) is 0.866. The molecule has 0 radical (unpaired) electrons. The van der Waals surface area contributed by atoms with Gasteiger partial charge in [0, 0.05) is 5.41 Å². The van der Waals surface area contributed by atoms with Gasteiger partial charge < -0.3 is 9.84 Å². The molecule has 21 heavy (non-hydrogen) atoms. The molecule has 1 fully saturated rings. The maximum Gasteiger partial charge on any atom is 0.310 e. The van der Waals surface area contributed by atoms with Crippen molar-refractivity contribution < 1.29 is 19.4 Å². The number of aromatic hydroxyl groups is 1. The molecular formula is C17H22O4. The molecule has 2 atom stereocenters. The van der Waals surface area contributed by atoms with Crippen molar-refractivity contribution in [1.82, 2.24) is 0 Å². The lowest BCUT2D eigenvalue weighted by atomic mass is 9.90. The Bertz CT molecular complexity index is 553. The molecule has 1 aliphatic rings. The van der Waals surface area contributed by atoms with Crippen LogP contribution < -0.4 is 0 Å². The number of rotatable bonds is 4. The number of hydrogen-bond donors (Lipinski definition) is 1. The summed E-state index contributed by atoms with van der Waals surface area (Å²) in [5.41, 5.74) is -0.242. The highest BCUT2D eigenvalue weighted by molar-refractivity contribution is 5.94. The molecule has 0 aliphatic heterocycles. The third-order valence-corrected chi connectivity index (χ3v) is 3.92. The Kier molecular flexibility index (Phi) is 3.83. The van der Waals surface area contributed by atoms with Crippen molar-refractivity contribution in [2.45, 2.75) is 46.1 Å². The molecule has 1 unspecified atom stereocenters. The summed E-state index contributed by atoms with van der Waals surface area (Å²) in [5, 5.41) is 9.31. The minimum Gasteiger partial charge on any atom is -0.508 e. The molecule has 4 heteroatoms. The van der Waals surface area contributed by atoms with Crippen LogP contribution in [0.2, 0.25) is 0 Å². The van der Waals surface area contributed by atoms with E-state index in [9.17, 15) is 14.7 Å². The number of phenolic OH excluding ortho intramolecular Hbond substituents is 1. The lowest BCUT2D eigenvalue weighted by molar-refractivity contribution is -0.158. The van der Waals surface area contributed by atoms with Gasteiger partial charge in [-0.2, -0.15) is 0 Å². The fraction of sp³-hybridized carbons (Fsp3) is 0.529. The Morgan fingerprint density at radius 2 is 1.86 bits per heavy atom. The van der Waals surface area contributed by atoms with Gasteiger partial charge in [-0.3, -0.25) is 9.59 Å². The SMILES string of the molecule is CC(=O)[C@@]1(Cc2ccc(O)cc2)CC1C(=O)OC(C)(C)C. The van der Waals surface area contributed by atoms with Gasteiger partial charge in [-0.25, -0.2) is 0 Å². The van der Waals surface area contributed by atoms with Gasteiger partial charge in [0.15, 0.2) is 0 Å². The van der Waals surface area contributed by atoms with E-state index in [1.54, 1.807) is 24.3 Å². The largest absolute Gasteiger partial charge is 0.508 e. The molecule has 114 valence electrons. The molecule has 2 rings (SSSR count). The predicted molar refractivity (Wildman–Crippen MR) is 78.9 cm³/mol. The average molecular weight is 290 g/mol. The number of ketones is 1. The zero-order valence-electron chi connectivity index (χ0n) is 13.0. The van der Waals surface area contributed by atoms with Crippen molar-refractivity contribution in [3.8, 4) is 5.75 Å². The number of carbonyl (C=O) groups excluding carboxylic acids is 2. The second-order valence-electron chi connectivity index (χ2n) is 6.85. The fourth-order valence-corrected chi connectivity index (χ4v) is 2.67. The summed E-state index contributed by atoms with van der Waals surface area (Å²) in [5.74, 6) is -0.443. The summed E-state index contributed by atoms with van der Waals surface area (Å²) >= 11 is 0. The van der Waals surface area contributed by atoms with Gasteiger partial charge in [0.25, 0.3) is 0 Å². The summed E-state index contributed by atoms with van der Waals surface area (Å²) in [7, 11) is 0. The van der Waals surface area contributed by atoms with Crippen molar-refractivity contribution in [3.05, 3.63) is 29.8 Å². The minimum atomic E-state index is -0.640. The lowest BCUT2D eigenvalue weighted by Crippen LogP contribution is -2.28. The summed E-state index contributed by atoms with van der Waals surface area (Å²) in [4.78, 5) is 24.2. The minimum absolute atomic E-state index is 0.0198. The van der Waals surface area contributed by atoms with E-state index in [2.05, 4.69) is 0 Å². The molecular weight excluding hydrogens is 268 g/mol. The zero-order chi connectivity index (χ0) is 15.8. The third kappa shape index (κ3) is 3.43. The molecule has 0 amide bonds. The van der Waals surface area contributed by atoms with Crippen LogP contribution in [0, 0.1) is 11.3 Å². The van der Waals surface area contributed by atoms with Crippen LogP contribution in [-0.4, -0.2) is 22.5 Å². The second-order valence-corrected chi connectivity index (χ2v) is 6.85. The van der Waals surface area contributed by atoms with Gasteiger partial charge in [0.1, 0.15) is 17.1 Å². The maximum absolute atomic E-state index is 12.2. The van der Waals surface area contributed by atoms with Gasteiger partial charge in [-0.05, 0) is 58.2 Å². The number of ether oxygens (including phenoxy) is 1. The van der Waals surface area contributed by atoms with Crippen LogP contribution in [0.3, 0.4) is 0 Å². The Morgan fingerprint density at radius 1 is 1.29 bits per heavy atom. The summed E-state index contributed by atoms with van der Waals surface area (Å²) in [6.07, 6.45) is 1.05. The monoisotopic (exact) mass is 290 g/mol. The molecule has 1 aliphatic carbocycles. The molecule has 1 aromatic rings. The Balaban J connectivity index is 2.12. The first-order valence-corrected chi connectivity index (χ1v) is 7.16. The van der Waals surface area contributed by atoms with E-state index >= 15 is 0 Å². The highest BCUT2D eigenvalue weighted by Gasteiger charge is 2.62. The van der Waals surface area contributed by atoms with Crippen LogP contribution >= 0.6 is 0 Å². The van der Waals surface area contributed by atoms with Crippen molar-refractivity contribution in [2.75, 3.05) is 0 Å². The standard InChI is InChI=1S/C17H22O4/c1-11(18)17(9-12-5-7-13(19)8-6-12)10-14(17)15(20)21-16(2,3)4/h5-8,14,19H,9-10H2,1-4H3/t14?,17-/m1/s1. The number of hydrogen-bond acceptors (Lipinski definition) is 4. The van der Waals surface area contributed by atoms with Crippen LogP contribution in [0.1, 0.15) is 39.7 Å². The molecule has 1 aromatic carbocycles. The molecule has 0 saturated heterocycles. The van der Waals surface area contributed by atoms with Gasteiger partial charge in [-0.1, -0.05) is 12.1 Å². The number of carbonyl (C=O) groups is 2. The molecule has 1 N–H and O–H groups in total. The Morgan fingerprint density at radius 3 is 2.33 bits per heavy atom. The third-order valence-electron chi connectivity index (χ3n) is 3.92. The molecule has 0 spiro atoms. The lowest BCUT2D eigenvalue weighted by Gasteiger charge is -2.21. The van der Waals surface area contributed by atoms with Crippen molar-refractivity contribution in [3.63, 3.8) is 0 Å². The smallest absolute Gasteiger partial charge is 0.310 e. The first-order valence-electron chi connectivity index (χ1n) is 7.16. The summed E-state index contributed by atoms with van der Waals surface area (Å²) in [6.45, 7) is 7.00. The van der Waals surface area contributed by atoms with Gasteiger partial charge in [0.2, 0.25) is 0 Å². The van der Waals surface area contributed by atoms with E-state index in [0.29, 0.717) is 12.8 Å².